The van der Waals surface area contributed by atoms with E-state index in [4.69, 9.17) is 16.1 Å². The number of hydrogen-bond donors (Lipinski definition) is 0. The molecule has 5 nitrogen and oxygen atoms in total. The molecule has 0 bridgehead atoms. The molecular formula is C22H21ClFN3O2. The Morgan fingerprint density at radius 3 is 2.45 bits per heavy atom. The van der Waals surface area contributed by atoms with Gasteiger partial charge in [-0.2, -0.15) is 0 Å². The second kappa shape index (κ2) is 8.25. The third-order valence-corrected chi connectivity index (χ3v) is 5.48. The lowest BCUT2D eigenvalue weighted by atomic mass is 10.0. The zero-order chi connectivity index (χ0) is 20.4. The van der Waals surface area contributed by atoms with Crippen molar-refractivity contribution in [1.29, 1.82) is 0 Å². The molecule has 0 aliphatic carbocycles. The summed E-state index contributed by atoms with van der Waals surface area (Å²) in [5, 5.41) is 4.61. The molecule has 0 N–H and O–H groups in total. The fraction of sp³-hybridized carbons (Fsp3) is 0.273. The quantitative estimate of drug-likeness (QED) is 0.645. The van der Waals surface area contributed by atoms with Crippen molar-refractivity contribution < 1.29 is 8.91 Å². The van der Waals surface area contributed by atoms with Crippen LogP contribution in [0.1, 0.15) is 16.8 Å². The van der Waals surface area contributed by atoms with Crippen LogP contribution >= 0.6 is 11.6 Å². The van der Waals surface area contributed by atoms with Gasteiger partial charge < -0.3 is 14.3 Å². The van der Waals surface area contributed by atoms with Crippen LogP contribution in [0, 0.1) is 12.7 Å². The van der Waals surface area contributed by atoms with Gasteiger partial charge in [0.2, 0.25) is 0 Å². The summed E-state index contributed by atoms with van der Waals surface area (Å²) >= 11 is 6.11. The van der Waals surface area contributed by atoms with Crippen molar-refractivity contribution >= 4 is 23.0 Å². The van der Waals surface area contributed by atoms with Gasteiger partial charge in [0.25, 0.3) is 0 Å². The van der Waals surface area contributed by atoms with Gasteiger partial charge in [0.1, 0.15) is 11.5 Å². The molecule has 29 heavy (non-hydrogen) atoms. The molecule has 3 aromatic rings. The largest absolute Gasteiger partial charge is 0.382 e. The van der Waals surface area contributed by atoms with Gasteiger partial charge in [-0.25, -0.2) is 9.18 Å². The summed E-state index contributed by atoms with van der Waals surface area (Å²) in [7, 11) is 0. The second-order valence-corrected chi connectivity index (χ2v) is 7.58. The molecule has 7 heteroatoms. The fourth-order valence-electron chi connectivity index (χ4n) is 3.70. The maximum atomic E-state index is 13.2. The Labute approximate surface area is 173 Å². The maximum absolute atomic E-state index is 13.2. The maximum Gasteiger partial charge on any atom is 0.382 e. The molecule has 0 atom stereocenters. The molecule has 2 aromatic carbocycles. The van der Waals surface area contributed by atoms with Crippen LogP contribution in [-0.4, -0.2) is 31.3 Å². The topological polar surface area (TPSA) is 49.6 Å². The van der Waals surface area contributed by atoms with Gasteiger partial charge in [-0.15, -0.1) is 0 Å². The summed E-state index contributed by atoms with van der Waals surface area (Å²) in [6.07, 6.45) is 0.495. The van der Waals surface area contributed by atoms with Crippen LogP contribution in [-0.2, 0) is 6.42 Å². The van der Waals surface area contributed by atoms with E-state index in [-0.39, 0.29) is 5.82 Å². The highest BCUT2D eigenvalue weighted by molar-refractivity contribution is 6.30. The summed E-state index contributed by atoms with van der Waals surface area (Å²) in [6, 6.07) is 14.1. The Hall–Kier alpha value is -2.86. The van der Waals surface area contributed by atoms with Crippen LogP contribution < -0.4 is 15.4 Å². The van der Waals surface area contributed by atoms with Crippen molar-refractivity contribution in [2.45, 2.75) is 13.3 Å². The van der Waals surface area contributed by atoms with E-state index in [0.29, 0.717) is 35.9 Å². The molecule has 0 amide bonds. The molecule has 1 aliphatic heterocycles. The molecule has 0 unspecified atom stereocenters. The summed E-state index contributed by atoms with van der Waals surface area (Å²) in [5.41, 5.74) is 3.59. The van der Waals surface area contributed by atoms with Gasteiger partial charge in [0, 0.05) is 48.9 Å². The zero-order valence-electron chi connectivity index (χ0n) is 16.1. The van der Waals surface area contributed by atoms with Gasteiger partial charge in [-0.05, 0) is 42.8 Å². The van der Waals surface area contributed by atoms with E-state index in [2.05, 4.69) is 15.0 Å². The van der Waals surface area contributed by atoms with Crippen molar-refractivity contribution in [3.05, 3.63) is 86.6 Å². The molecular weight excluding hydrogens is 393 g/mol. The minimum atomic E-state index is -0.441. The monoisotopic (exact) mass is 413 g/mol. The lowest BCUT2D eigenvalue weighted by Gasteiger charge is -2.37. The Bertz CT molecular complexity index is 1060. The van der Waals surface area contributed by atoms with Crippen LogP contribution in [0.4, 0.5) is 15.8 Å². The van der Waals surface area contributed by atoms with E-state index in [9.17, 15) is 9.18 Å². The molecule has 1 aromatic heterocycles. The third kappa shape index (κ3) is 4.27. The Morgan fingerprint density at radius 2 is 1.76 bits per heavy atom. The first-order valence-corrected chi connectivity index (χ1v) is 9.88. The number of aryl methyl sites for hydroxylation is 1. The highest BCUT2D eigenvalue weighted by atomic mass is 35.5. The van der Waals surface area contributed by atoms with Gasteiger partial charge in [0.05, 0.1) is 5.69 Å². The smallest absolute Gasteiger partial charge is 0.368 e. The summed E-state index contributed by atoms with van der Waals surface area (Å²) in [6.45, 7) is 4.70. The van der Waals surface area contributed by atoms with E-state index in [1.807, 2.05) is 31.2 Å². The van der Waals surface area contributed by atoms with Gasteiger partial charge in [-0.1, -0.05) is 35.0 Å². The lowest BCUT2D eigenvalue weighted by molar-refractivity contribution is 0.360. The predicted octanol–water partition coefficient (Wildman–Crippen LogP) is 4.05. The highest BCUT2D eigenvalue weighted by Gasteiger charge is 2.24. The van der Waals surface area contributed by atoms with E-state index < -0.39 is 5.63 Å². The lowest BCUT2D eigenvalue weighted by Crippen LogP contribution is -2.48. The van der Waals surface area contributed by atoms with E-state index in [0.717, 1.165) is 29.9 Å². The molecule has 2 heterocycles. The van der Waals surface area contributed by atoms with Crippen LogP contribution in [0.25, 0.3) is 0 Å². The highest BCUT2D eigenvalue weighted by Crippen LogP contribution is 2.26. The number of nitrogens with zero attached hydrogens (tertiary/aromatic N) is 3. The van der Waals surface area contributed by atoms with Gasteiger partial charge >= 0.3 is 5.63 Å². The summed E-state index contributed by atoms with van der Waals surface area (Å²) in [5.74, 6) is -0.284. The normalized spacial score (nSPS) is 14.3. The second-order valence-electron chi connectivity index (χ2n) is 7.14. The zero-order valence-corrected chi connectivity index (χ0v) is 16.8. The molecule has 0 saturated carbocycles. The van der Waals surface area contributed by atoms with Crippen molar-refractivity contribution in [3.8, 4) is 0 Å². The summed E-state index contributed by atoms with van der Waals surface area (Å²) < 4.78 is 18.3. The predicted molar refractivity (Wildman–Crippen MR) is 113 cm³/mol. The van der Waals surface area contributed by atoms with E-state index >= 15 is 0 Å². The third-order valence-electron chi connectivity index (χ3n) is 5.24. The first kappa shape index (κ1) is 19.5. The average Bonchev–Trinajstić information content (AvgIpc) is 2.73. The van der Waals surface area contributed by atoms with Crippen molar-refractivity contribution in [1.82, 2.24) is 5.16 Å². The Balaban J connectivity index is 1.58. The molecule has 0 radical (unpaired) electrons. The fourth-order valence-corrected chi connectivity index (χ4v) is 3.89. The standard InChI is InChI=1S/C22H21ClFN3O2/c1-15-20(13-16-5-7-18(24)8-6-16)21(22(28)29-25-15)27-11-9-26(10-12-27)19-4-2-3-17(23)14-19/h2-8,14H,9-13H2,1H3. The molecule has 150 valence electrons. The van der Waals surface area contributed by atoms with Crippen molar-refractivity contribution in [3.63, 3.8) is 0 Å². The first-order valence-electron chi connectivity index (χ1n) is 9.50. The Morgan fingerprint density at radius 1 is 1.07 bits per heavy atom. The number of halogens is 2. The van der Waals surface area contributed by atoms with E-state index in [1.165, 1.54) is 12.1 Å². The number of anilines is 2. The number of benzene rings is 2. The molecule has 1 saturated heterocycles. The summed E-state index contributed by atoms with van der Waals surface area (Å²) in [4.78, 5) is 16.9. The van der Waals surface area contributed by atoms with E-state index in [1.54, 1.807) is 12.1 Å². The van der Waals surface area contributed by atoms with Crippen LogP contribution in [0.15, 0.2) is 57.8 Å². The average molecular weight is 414 g/mol. The number of rotatable bonds is 4. The van der Waals surface area contributed by atoms with Crippen LogP contribution in [0.5, 0.6) is 0 Å². The van der Waals surface area contributed by atoms with Gasteiger partial charge in [0.15, 0.2) is 0 Å². The number of piperazine rings is 1. The van der Waals surface area contributed by atoms with Crippen LogP contribution in [0.3, 0.4) is 0 Å². The molecule has 1 aliphatic rings. The Kier molecular flexibility index (Phi) is 5.53. The number of aromatic nitrogens is 1. The molecule has 0 spiro atoms. The molecule has 4 rings (SSSR count). The van der Waals surface area contributed by atoms with Crippen molar-refractivity contribution in [2.75, 3.05) is 36.0 Å². The number of hydrogen-bond acceptors (Lipinski definition) is 5. The minimum Gasteiger partial charge on any atom is -0.368 e. The van der Waals surface area contributed by atoms with Crippen LogP contribution in [0.2, 0.25) is 5.02 Å². The van der Waals surface area contributed by atoms with Gasteiger partial charge in [-0.3, -0.25) is 0 Å². The SMILES string of the molecule is Cc1noc(=O)c(N2CCN(c3cccc(Cl)c3)CC2)c1Cc1ccc(F)cc1. The first-order chi connectivity index (χ1) is 14.0. The van der Waals surface area contributed by atoms with Crippen molar-refractivity contribution in [2.24, 2.45) is 0 Å². The minimum absolute atomic E-state index is 0.284. The molecule has 1 fully saturated rings.